The lowest BCUT2D eigenvalue weighted by Gasteiger charge is -2.36. The minimum absolute atomic E-state index is 0.0213. The molecule has 4 nitrogen and oxygen atoms in total. The number of amides is 1. The lowest BCUT2D eigenvalue weighted by atomic mass is 9.84. The number of aliphatic hydroxyl groups is 1. The highest BCUT2D eigenvalue weighted by molar-refractivity contribution is 8.00. The number of aliphatic hydroxyl groups excluding tert-OH is 1. The summed E-state index contributed by atoms with van der Waals surface area (Å²) in [6, 6.07) is 47.2. The van der Waals surface area contributed by atoms with Gasteiger partial charge in [0.25, 0.3) is 0 Å². The topological polar surface area (TPSA) is 58.6 Å². The molecule has 5 aromatic carbocycles. The molecule has 42 heavy (non-hydrogen) atoms. The fourth-order valence-electron chi connectivity index (χ4n) is 5.94. The molecule has 5 aromatic rings. The Balaban J connectivity index is 1.20. The molecule has 1 aliphatic carbocycles. The number of thioether (sulfide) groups is 1. The third-order valence-corrected chi connectivity index (χ3v) is 9.64. The first-order valence-electron chi connectivity index (χ1n) is 14.2. The molecular weight excluding hydrogens is 538 g/mol. The average Bonchev–Trinajstić information content (AvgIpc) is 3.38. The van der Waals surface area contributed by atoms with Gasteiger partial charge in [0.1, 0.15) is 6.61 Å². The van der Waals surface area contributed by atoms with Crippen LogP contribution in [0.15, 0.2) is 140 Å². The summed E-state index contributed by atoms with van der Waals surface area (Å²) >= 11 is 1.70. The summed E-state index contributed by atoms with van der Waals surface area (Å²) in [6.45, 7) is 0.0266. The quantitative estimate of drug-likeness (QED) is 0.169. The van der Waals surface area contributed by atoms with E-state index in [1.807, 2.05) is 42.5 Å². The first-order chi connectivity index (χ1) is 20.7. The largest absolute Gasteiger partial charge is 0.449 e. The maximum atomic E-state index is 13.1. The zero-order valence-electron chi connectivity index (χ0n) is 23.2. The molecule has 0 radical (unpaired) electrons. The number of nitrogens with one attached hydrogen (secondary N) is 1. The molecule has 0 saturated carbocycles. The maximum Gasteiger partial charge on any atom is 0.407 e. The molecule has 1 atom stereocenters. The van der Waals surface area contributed by atoms with Crippen LogP contribution >= 0.6 is 11.8 Å². The van der Waals surface area contributed by atoms with Crippen molar-refractivity contribution in [3.8, 4) is 11.1 Å². The predicted octanol–water partition coefficient (Wildman–Crippen LogP) is 7.61. The lowest BCUT2D eigenvalue weighted by molar-refractivity contribution is 0.134. The number of ether oxygens (including phenoxy) is 1. The van der Waals surface area contributed by atoms with Crippen LogP contribution in [0.5, 0.6) is 0 Å². The van der Waals surface area contributed by atoms with Crippen molar-refractivity contribution in [3.05, 3.63) is 167 Å². The Bertz CT molecular complexity index is 1480. The van der Waals surface area contributed by atoms with Crippen LogP contribution in [0.1, 0.15) is 33.7 Å². The van der Waals surface area contributed by atoms with Crippen molar-refractivity contribution in [2.75, 3.05) is 19.0 Å². The Labute approximate surface area is 251 Å². The highest BCUT2D eigenvalue weighted by Gasteiger charge is 2.38. The van der Waals surface area contributed by atoms with Crippen LogP contribution in [0.3, 0.4) is 0 Å². The van der Waals surface area contributed by atoms with E-state index in [9.17, 15) is 9.90 Å². The fraction of sp³-hybridized carbons (Fsp3) is 0.162. The van der Waals surface area contributed by atoms with Gasteiger partial charge in [-0.1, -0.05) is 140 Å². The van der Waals surface area contributed by atoms with Gasteiger partial charge in [0.15, 0.2) is 0 Å². The molecule has 0 heterocycles. The van der Waals surface area contributed by atoms with E-state index < -0.39 is 16.9 Å². The van der Waals surface area contributed by atoms with E-state index >= 15 is 0 Å². The van der Waals surface area contributed by atoms with E-state index in [2.05, 4.69) is 102 Å². The van der Waals surface area contributed by atoms with Crippen LogP contribution in [0.2, 0.25) is 0 Å². The predicted molar refractivity (Wildman–Crippen MR) is 171 cm³/mol. The van der Waals surface area contributed by atoms with E-state index in [0.29, 0.717) is 5.75 Å². The molecule has 2 N–H and O–H groups in total. The molecule has 0 fully saturated rings. The molecule has 1 amide bonds. The zero-order chi connectivity index (χ0) is 28.8. The number of rotatable bonds is 10. The van der Waals surface area contributed by atoms with Crippen LogP contribution in [0.25, 0.3) is 11.1 Å². The van der Waals surface area contributed by atoms with Crippen LogP contribution in [0.4, 0.5) is 4.79 Å². The van der Waals surface area contributed by atoms with E-state index in [4.69, 9.17) is 4.74 Å². The van der Waals surface area contributed by atoms with Crippen molar-refractivity contribution in [2.24, 2.45) is 0 Å². The Morgan fingerprint density at radius 3 is 1.57 bits per heavy atom. The minimum atomic E-state index is -0.542. The second-order valence-corrected chi connectivity index (χ2v) is 11.7. The van der Waals surface area contributed by atoms with Gasteiger partial charge in [-0.2, -0.15) is 0 Å². The molecule has 0 bridgehead atoms. The number of hydrogen-bond acceptors (Lipinski definition) is 4. The number of hydrogen-bond donors (Lipinski definition) is 2. The van der Waals surface area contributed by atoms with E-state index in [0.717, 1.165) is 16.7 Å². The van der Waals surface area contributed by atoms with Gasteiger partial charge in [0, 0.05) is 11.7 Å². The first kappa shape index (κ1) is 27.8. The Morgan fingerprint density at radius 2 is 1.12 bits per heavy atom. The summed E-state index contributed by atoms with van der Waals surface area (Å²) in [5.41, 5.74) is 8.09. The van der Waals surface area contributed by atoms with Gasteiger partial charge in [-0.15, -0.1) is 11.8 Å². The van der Waals surface area contributed by atoms with Crippen LogP contribution in [-0.4, -0.2) is 36.2 Å². The number of benzene rings is 5. The molecule has 0 spiro atoms. The molecule has 0 saturated heterocycles. The van der Waals surface area contributed by atoms with Crippen molar-refractivity contribution in [2.45, 2.75) is 16.7 Å². The summed E-state index contributed by atoms with van der Waals surface area (Å²) in [5.74, 6) is 0.450. The van der Waals surface area contributed by atoms with Gasteiger partial charge in [-0.3, -0.25) is 0 Å². The SMILES string of the molecule is O=C(NC(CO)CSC(c1ccccc1)(c1ccccc1)c1ccccc1)OCC1c2ccccc2-c2ccccc21. The van der Waals surface area contributed by atoms with Gasteiger partial charge >= 0.3 is 6.09 Å². The van der Waals surface area contributed by atoms with Crippen molar-refractivity contribution in [3.63, 3.8) is 0 Å². The van der Waals surface area contributed by atoms with Gasteiger partial charge < -0.3 is 15.2 Å². The summed E-state index contributed by atoms with van der Waals surface area (Å²) in [4.78, 5) is 13.1. The Morgan fingerprint density at radius 1 is 0.690 bits per heavy atom. The molecule has 210 valence electrons. The number of carbonyl (C=O) groups is 1. The molecule has 6 rings (SSSR count). The Hall–Kier alpha value is -4.32. The van der Waals surface area contributed by atoms with Crippen molar-refractivity contribution in [1.29, 1.82) is 0 Å². The number of carbonyl (C=O) groups excluding carboxylic acids is 1. The molecule has 1 unspecified atom stereocenters. The normalized spacial score (nSPS) is 13.2. The summed E-state index contributed by atoms with van der Waals surface area (Å²) in [6.07, 6.45) is -0.527. The van der Waals surface area contributed by atoms with Gasteiger partial charge in [-0.25, -0.2) is 4.79 Å². The highest BCUT2D eigenvalue weighted by atomic mass is 32.2. The molecule has 1 aliphatic rings. The van der Waals surface area contributed by atoms with Crippen LogP contribution in [0, 0.1) is 0 Å². The van der Waals surface area contributed by atoms with Gasteiger partial charge in [0.2, 0.25) is 0 Å². The van der Waals surface area contributed by atoms with E-state index in [1.165, 1.54) is 22.3 Å². The molecule has 0 aromatic heterocycles. The Kier molecular flexibility index (Phi) is 8.40. The third-order valence-electron chi connectivity index (χ3n) is 7.93. The van der Waals surface area contributed by atoms with Gasteiger partial charge in [-0.05, 0) is 38.9 Å². The van der Waals surface area contributed by atoms with Crippen LogP contribution in [-0.2, 0) is 9.48 Å². The standard InChI is InChI=1S/C37H33NO3S/c39-24-30(38-36(40)41-25-35-33-22-12-10-20-31(33)32-21-11-13-23-34(32)35)26-42-37(27-14-4-1-5-15-27,28-16-6-2-7-17-28)29-18-8-3-9-19-29/h1-23,30,35,39H,24-26H2,(H,38,40). The second-order valence-electron chi connectivity index (χ2n) is 10.4. The third kappa shape index (κ3) is 5.46. The highest BCUT2D eigenvalue weighted by Crippen LogP contribution is 2.49. The summed E-state index contributed by atoms with van der Waals surface area (Å²) in [7, 11) is 0. The average molecular weight is 572 g/mol. The fourth-order valence-corrected chi connectivity index (χ4v) is 7.49. The van der Waals surface area contributed by atoms with Crippen LogP contribution < -0.4 is 5.32 Å². The van der Waals surface area contributed by atoms with E-state index in [-0.39, 0.29) is 19.1 Å². The molecule has 0 aliphatic heterocycles. The maximum absolute atomic E-state index is 13.1. The minimum Gasteiger partial charge on any atom is -0.449 e. The van der Waals surface area contributed by atoms with E-state index in [1.54, 1.807) is 11.8 Å². The first-order valence-corrected chi connectivity index (χ1v) is 15.2. The zero-order valence-corrected chi connectivity index (χ0v) is 24.0. The van der Waals surface area contributed by atoms with Crippen molar-refractivity contribution >= 4 is 17.9 Å². The van der Waals surface area contributed by atoms with Crippen molar-refractivity contribution in [1.82, 2.24) is 5.32 Å². The number of alkyl carbamates (subject to hydrolysis) is 1. The lowest BCUT2D eigenvalue weighted by Crippen LogP contribution is -2.41. The summed E-state index contributed by atoms with van der Waals surface area (Å²) in [5, 5.41) is 13.3. The monoisotopic (exact) mass is 571 g/mol. The summed E-state index contributed by atoms with van der Waals surface area (Å²) < 4.78 is 5.25. The smallest absolute Gasteiger partial charge is 0.407 e. The van der Waals surface area contributed by atoms with Gasteiger partial charge in [0.05, 0.1) is 17.4 Å². The van der Waals surface area contributed by atoms with Crippen molar-refractivity contribution < 1.29 is 14.6 Å². The molecular formula is C37H33NO3S. The number of fused-ring (bicyclic) bond motifs is 3. The molecule has 5 heteroatoms. The second kappa shape index (κ2) is 12.7.